The summed E-state index contributed by atoms with van der Waals surface area (Å²) in [4.78, 5) is 15.7. The lowest BCUT2D eigenvalue weighted by Gasteiger charge is -2.21. The van der Waals surface area contributed by atoms with Gasteiger partial charge < -0.3 is 15.5 Å². The molecular weight excluding hydrogens is 336 g/mol. The highest BCUT2D eigenvalue weighted by Crippen LogP contribution is 2.20. The zero-order chi connectivity index (χ0) is 19.1. The molecule has 3 rings (SSSR count). The first kappa shape index (κ1) is 18.6. The molecule has 0 spiro atoms. The molecule has 0 saturated heterocycles. The van der Waals surface area contributed by atoms with E-state index < -0.39 is 0 Å². The number of rotatable bonds is 8. The lowest BCUT2D eigenvalue weighted by Crippen LogP contribution is -2.21. The Morgan fingerprint density at radius 1 is 0.963 bits per heavy atom. The Bertz CT molecular complexity index is 844. The number of nitrogens with zero attached hydrogens (tertiary/aromatic N) is 4. The number of benzene rings is 1. The smallest absolute Gasteiger partial charge is 0.229 e. The largest absolute Gasteiger partial charge is 0.372 e. The molecule has 3 aromatic rings. The van der Waals surface area contributed by atoms with Gasteiger partial charge in [-0.3, -0.25) is 4.98 Å². The summed E-state index contributed by atoms with van der Waals surface area (Å²) in [5, 5.41) is 6.60. The van der Waals surface area contributed by atoms with Crippen LogP contribution in [0.25, 0.3) is 0 Å². The van der Waals surface area contributed by atoms with Crippen LogP contribution in [-0.2, 0) is 6.54 Å². The third-order valence-corrected chi connectivity index (χ3v) is 4.28. The van der Waals surface area contributed by atoms with E-state index in [1.165, 1.54) is 5.69 Å². The summed E-state index contributed by atoms with van der Waals surface area (Å²) in [7, 11) is 0. The first-order valence-corrected chi connectivity index (χ1v) is 9.29. The van der Waals surface area contributed by atoms with E-state index in [2.05, 4.69) is 68.6 Å². The van der Waals surface area contributed by atoms with Crippen molar-refractivity contribution in [3.05, 3.63) is 66.1 Å². The van der Waals surface area contributed by atoms with Gasteiger partial charge in [0.15, 0.2) is 0 Å². The second-order valence-electron chi connectivity index (χ2n) is 6.24. The van der Waals surface area contributed by atoms with Crippen molar-refractivity contribution in [3.63, 3.8) is 0 Å². The Labute approximate surface area is 160 Å². The summed E-state index contributed by atoms with van der Waals surface area (Å²) in [5.74, 6) is 1.35. The van der Waals surface area contributed by atoms with Crippen LogP contribution in [0.15, 0.2) is 54.7 Å². The van der Waals surface area contributed by atoms with Gasteiger partial charge in [-0.1, -0.05) is 6.07 Å². The lowest BCUT2D eigenvalue weighted by molar-refractivity contribution is 0.866. The van der Waals surface area contributed by atoms with E-state index in [9.17, 15) is 0 Å². The quantitative estimate of drug-likeness (QED) is 0.620. The zero-order valence-corrected chi connectivity index (χ0v) is 16.1. The van der Waals surface area contributed by atoms with E-state index in [1.807, 2.05) is 31.2 Å². The van der Waals surface area contributed by atoms with E-state index in [1.54, 1.807) is 6.20 Å². The van der Waals surface area contributed by atoms with Gasteiger partial charge in [-0.15, -0.1) is 0 Å². The van der Waals surface area contributed by atoms with Crippen molar-refractivity contribution >= 4 is 23.1 Å². The van der Waals surface area contributed by atoms with Crippen LogP contribution in [0.1, 0.15) is 25.2 Å². The third kappa shape index (κ3) is 5.17. The van der Waals surface area contributed by atoms with Crippen molar-refractivity contribution in [2.75, 3.05) is 28.6 Å². The highest BCUT2D eigenvalue weighted by molar-refractivity contribution is 5.60. The number of anilines is 4. The molecule has 2 aromatic heterocycles. The van der Waals surface area contributed by atoms with Gasteiger partial charge >= 0.3 is 0 Å². The first-order valence-electron chi connectivity index (χ1n) is 9.29. The molecule has 1 aromatic carbocycles. The van der Waals surface area contributed by atoms with E-state index in [0.29, 0.717) is 12.5 Å². The molecule has 0 aliphatic rings. The minimum Gasteiger partial charge on any atom is -0.372 e. The fraction of sp³-hybridized carbons (Fsp3) is 0.286. The minimum absolute atomic E-state index is 0.578. The molecule has 6 heteroatoms. The fourth-order valence-corrected chi connectivity index (χ4v) is 2.87. The van der Waals surface area contributed by atoms with Crippen LogP contribution in [0.3, 0.4) is 0 Å². The maximum atomic E-state index is 4.56. The van der Waals surface area contributed by atoms with E-state index in [-0.39, 0.29) is 0 Å². The van der Waals surface area contributed by atoms with Crippen LogP contribution in [-0.4, -0.2) is 28.0 Å². The summed E-state index contributed by atoms with van der Waals surface area (Å²) in [6.45, 7) is 8.90. The van der Waals surface area contributed by atoms with Crippen LogP contribution in [0.5, 0.6) is 0 Å². The van der Waals surface area contributed by atoms with E-state index >= 15 is 0 Å². The second-order valence-corrected chi connectivity index (χ2v) is 6.24. The topological polar surface area (TPSA) is 66.0 Å². The van der Waals surface area contributed by atoms with Crippen LogP contribution in [0.4, 0.5) is 23.1 Å². The Kier molecular flexibility index (Phi) is 6.20. The lowest BCUT2D eigenvalue weighted by atomic mass is 10.2. The molecule has 0 saturated carbocycles. The molecule has 140 valence electrons. The van der Waals surface area contributed by atoms with Gasteiger partial charge in [0.2, 0.25) is 5.95 Å². The minimum atomic E-state index is 0.578. The van der Waals surface area contributed by atoms with Crippen LogP contribution in [0.2, 0.25) is 0 Å². The molecule has 0 aliphatic heterocycles. The van der Waals surface area contributed by atoms with Crippen LogP contribution in [0, 0.1) is 6.92 Å². The summed E-state index contributed by atoms with van der Waals surface area (Å²) < 4.78 is 0. The highest BCUT2D eigenvalue weighted by atomic mass is 15.1. The van der Waals surface area contributed by atoms with Crippen molar-refractivity contribution < 1.29 is 0 Å². The van der Waals surface area contributed by atoms with Gasteiger partial charge in [-0.25, -0.2) is 4.98 Å². The zero-order valence-electron chi connectivity index (χ0n) is 16.1. The molecule has 2 N–H and O–H groups in total. The summed E-state index contributed by atoms with van der Waals surface area (Å²) in [5.41, 5.74) is 4.05. The number of hydrogen-bond acceptors (Lipinski definition) is 6. The van der Waals surface area contributed by atoms with Crippen molar-refractivity contribution in [1.82, 2.24) is 15.0 Å². The van der Waals surface area contributed by atoms with Crippen LogP contribution >= 0.6 is 0 Å². The Morgan fingerprint density at radius 3 is 2.41 bits per heavy atom. The molecule has 0 fully saturated rings. The number of nitrogens with one attached hydrogen (secondary N) is 2. The standard InChI is InChI=1S/C21H26N6/c1-4-27(5-2)19-11-9-17(10-12-19)25-21-24-16(3)14-20(26-21)23-15-18-8-6-7-13-22-18/h6-14H,4-5,15H2,1-3H3,(H2,23,24,25,26). The van der Waals surface area contributed by atoms with Crippen molar-refractivity contribution in [2.24, 2.45) is 0 Å². The highest BCUT2D eigenvalue weighted by Gasteiger charge is 2.05. The normalized spacial score (nSPS) is 10.5. The van der Waals surface area contributed by atoms with E-state index in [0.717, 1.165) is 36.0 Å². The van der Waals surface area contributed by atoms with Gasteiger partial charge in [0, 0.05) is 42.4 Å². The summed E-state index contributed by atoms with van der Waals surface area (Å²) in [6.07, 6.45) is 1.79. The van der Waals surface area contributed by atoms with E-state index in [4.69, 9.17) is 0 Å². The number of pyridine rings is 1. The molecule has 2 heterocycles. The second kappa shape index (κ2) is 8.98. The monoisotopic (exact) mass is 362 g/mol. The van der Waals surface area contributed by atoms with Gasteiger partial charge in [0.25, 0.3) is 0 Å². The van der Waals surface area contributed by atoms with Gasteiger partial charge in [0.05, 0.1) is 12.2 Å². The number of aryl methyl sites for hydroxylation is 1. The van der Waals surface area contributed by atoms with Gasteiger partial charge in [-0.05, 0) is 57.2 Å². The number of aromatic nitrogens is 3. The Hall–Kier alpha value is -3.15. The summed E-state index contributed by atoms with van der Waals surface area (Å²) >= 11 is 0. The maximum absolute atomic E-state index is 4.56. The molecule has 27 heavy (non-hydrogen) atoms. The van der Waals surface area contributed by atoms with Crippen molar-refractivity contribution in [2.45, 2.75) is 27.3 Å². The van der Waals surface area contributed by atoms with Crippen molar-refractivity contribution in [1.29, 1.82) is 0 Å². The average Bonchev–Trinajstić information content (AvgIpc) is 2.69. The molecule has 0 radical (unpaired) electrons. The van der Waals surface area contributed by atoms with Gasteiger partial charge in [0.1, 0.15) is 5.82 Å². The molecule has 0 bridgehead atoms. The molecular formula is C21H26N6. The number of hydrogen-bond donors (Lipinski definition) is 2. The Morgan fingerprint density at radius 2 is 1.74 bits per heavy atom. The average molecular weight is 362 g/mol. The van der Waals surface area contributed by atoms with Crippen molar-refractivity contribution in [3.8, 4) is 0 Å². The SMILES string of the molecule is CCN(CC)c1ccc(Nc2nc(C)cc(NCc3ccccn3)n2)cc1. The Balaban J connectivity index is 1.68. The maximum Gasteiger partial charge on any atom is 0.229 e. The molecule has 0 atom stereocenters. The van der Waals surface area contributed by atoms with Gasteiger partial charge in [-0.2, -0.15) is 4.98 Å². The predicted octanol–water partition coefficient (Wildman–Crippen LogP) is 4.38. The molecule has 6 nitrogen and oxygen atoms in total. The first-order chi connectivity index (χ1) is 13.2. The molecule has 0 aliphatic carbocycles. The summed E-state index contributed by atoms with van der Waals surface area (Å²) in [6, 6.07) is 16.1. The fourth-order valence-electron chi connectivity index (χ4n) is 2.87. The van der Waals surface area contributed by atoms with Crippen LogP contribution < -0.4 is 15.5 Å². The molecule has 0 unspecified atom stereocenters. The predicted molar refractivity (Wildman–Crippen MR) is 112 cm³/mol. The molecule has 0 amide bonds. The third-order valence-electron chi connectivity index (χ3n) is 4.28.